The van der Waals surface area contributed by atoms with Gasteiger partial charge in [0.2, 0.25) is 5.91 Å². The summed E-state index contributed by atoms with van der Waals surface area (Å²) in [6, 6.07) is 4.93. The van der Waals surface area contributed by atoms with Crippen molar-refractivity contribution >= 4 is 34.1 Å². The number of rotatable bonds is 3. The van der Waals surface area contributed by atoms with E-state index in [1.807, 2.05) is 0 Å². The maximum absolute atomic E-state index is 14.5. The number of hydrogen-bond acceptors (Lipinski definition) is 3. The van der Waals surface area contributed by atoms with Gasteiger partial charge in [-0.15, -0.1) is 0 Å². The number of hydrogen-bond donors (Lipinski definition) is 0. The van der Waals surface area contributed by atoms with Crippen molar-refractivity contribution in [1.82, 2.24) is 9.88 Å². The van der Waals surface area contributed by atoms with Crippen molar-refractivity contribution in [2.24, 2.45) is 0 Å². The molecule has 0 aliphatic rings. The molecule has 0 fully saturated rings. The van der Waals surface area contributed by atoms with Crippen molar-refractivity contribution in [2.45, 2.75) is 0 Å². The minimum absolute atomic E-state index is 0.0932. The topological polar surface area (TPSA) is 36.4 Å². The number of halogens is 2. The van der Waals surface area contributed by atoms with Gasteiger partial charge in [0.1, 0.15) is 5.52 Å². The third kappa shape index (κ3) is 2.67. The number of carbonyl (C=O) groups is 1. The van der Waals surface area contributed by atoms with E-state index in [1.54, 1.807) is 44.2 Å². The molecule has 2 aromatic rings. The molecule has 20 heavy (non-hydrogen) atoms. The average molecular weight is 296 g/mol. The van der Waals surface area contributed by atoms with E-state index in [0.29, 0.717) is 16.1 Å². The summed E-state index contributed by atoms with van der Waals surface area (Å²) in [5.41, 5.74) is 0.529. The van der Waals surface area contributed by atoms with Gasteiger partial charge in [0.05, 0.1) is 17.3 Å². The second kappa shape index (κ2) is 5.63. The van der Waals surface area contributed by atoms with Gasteiger partial charge in [-0.25, -0.2) is 4.39 Å². The van der Waals surface area contributed by atoms with E-state index in [0.717, 1.165) is 0 Å². The third-order valence-electron chi connectivity index (χ3n) is 3.06. The largest absolute Gasteiger partial charge is 0.363 e. The monoisotopic (exact) mass is 295 g/mol. The zero-order chi connectivity index (χ0) is 14.9. The second-order valence-corrected chi connectivity index (χ2v) is 5.14. The van der Waals surface area contributed by atoms with Crippen LogP contribution in [0.5, 0.6) is 0 Å². The quantitative estimate of drug-likeness (QED) is 0.873. The molecule has 0 saturated carbocycles. The highest BCUT2D eigenvalue weighted by Crippen LogP contribution is 2.29. The molecular weight excluding hydrogens is 281 g/mol. The molecule has 0 radical (unpaired) electrons. The molecule has 6 heteroatoms. The lowest BCUT2D eigenvalue weighted by atomic mass is 10.1. The molecule has 0 atom stereocenters. The number of likely N-dealkylation sites (N-methyl/N-ethyl adjacent to an activating group) is 2. The lowest BCUT2D eigenvalue weighted by molar-refractivity contribution is -0.127. The third-order valence-corrected chi connectivity index (χ3v) is 3.39. The Morgan fingerprint density at radius 1 is 1.30 bits per heavy atom. The lowest BCUT2D eigenvalue weighted by Gasteiger charge is -2.22. The van der Waals surface area contributed by atoms with E-state index in [2.05, 4.69) is 4.98 Å². The molecule has 0 N–H and O–H groups in total. The summed E-state index contributed by atoms with van der Waals surface area (Å²) in [7, 11) is 4.98. The number of pyridine rings is 1. The number of benzene rings is 1. The van der Waals surface area contributed by atoms with Gasteiger partial charge in [-0.3, -0.25) is 9.78 Å². The predicted molar refractivity (Wildman–Crippen MR) is 78.7 cm³/mol. The van der Waals surface area contributed by atoms with Crippen LogP contribution in [0.15, 0.2) is 24.4 Å². The smallest absolute Gasteiger partial charge is 0.241 e. The van der Waals surface area contributed by atoms with Gasteiger partial charge in [0.15, 0.2) is 5.82 Å². The number of nitrogens with zero attached hydrogens (tertiary/aromatic N) is 3. The highest BCUT2D eigenvalue weighted by Gasteiger charge is 2.16. The first kappa shape index (κ1) is 14.5. The van der Waals surface area contributed by atoms with E-state index in [4.69, 9.17) is 11.6 Å². The van der Waals surface area contributed by atoms with E-state index in [9.17, 15) is 9.18 Å². The van der Waals surface area contributed by atoms with Gasteiger partial charge in [0.25, 0.3) is 0 Å². The van der Waals surface area contributed by atoms with Gasteiger partial charge < -0.3 is 9.80 Å². The van der Waals surface area contributed by atoms with Crippen LogP contribution in [-0.2, 0) is 4.79 Å². The minimum Gasteiger partial charge on any atom is -0.363 e. The fraction of sp³-hybridized carbons (Fsp3) is 0.286. The van der Waals surface area contributed by atoms with Crippen molar-refractivity contribution in [3.05, 3.63) is 35.2 Å². The van der Waals surface area contributed by atoms with Crippen LogP contribution in [-0.4, -0.2) is 43.5 Å². The zero-order valence-corrected chi connectivity index (χ0v) is 12.3. The van der Waals surface area contributed by atoms with Crippen molar-refractivity contribution in [3.63, 3.8) is 0 Å². The Kier molecular flexibility index (Phi) is 4.09. The van der Waals surface area contributed by atoms with Crippen LogP contribution in [0.1, 0.15) is 0 Å². The molecule has 0 aliphatic heterocycles. The molecule has 0 spiro atoms. The zero-order valence-electron chi connectivity index (χ0n) is 11.5. The Bertz CT molecular complexity index is 660. The Labute approximate surface area is 121 Å². The summed E-state index contributed by atoms with van der Waals surface area (Å²) in [4.78, 5) is 18.7. The summed E-state index contributed by atoms with van der Waals surface area (Å²) in [5, 5.41) is 1.01. The predicted octanol–water partition coefficient (Wildman–Crippen LogP) is 2.55. The number of aromatic nitrogens is 1. The molecule has 0 saturated heterocycles. The summed E-state index contributed by atoms with van der Waals surface area (Å²) in [6.45, 7) is 0.0932. The first-order chi connectivity index (χ1) is 9.41. The number of fused-ring (bicyclic) bond motifs is 1. The van der Waals surface area contributed by atoms with Crippen molar-refractivity contribution in [2.75, 3.05) is 32.6 Å². The molecule has 0 aliphatic carbocycles. The van der Waals surface area contributed by atoms with E-state index in [1.165, 1.54) is 11.1 Å². The Balaban J connectivity index is 2.41. The maximum atomic E-state index is 14.5. The number of carbonyl (C=O) groups excluding carboxylic acids is 1. The number of amides is 1. The van der Waals surface area contributed by atoms with Crippen LogP contribution in [0.2, 0.25) is 5.02 Å². The highest BCUT2D eigenvalue weighted by molar-refractivity contribution is 6.35. The van der Waals surface area contributed by atoms with Crippen LogP contribution in [0.25, 0.3) is 10.9 Å². The van der Waals surface area contributed by atoms with Gasteiger partial charge in [-0.05, 0) is 18.2 Å². The maximum Gasteiger partial charge on any atom is 0.241 e. The SMILES string of the molecule is CN(C)C(=O)CN(C)c1ccc2c(Cl)ccnc2c1F. The fourth-order valence-corrected chi connectivity index (χ4v) is 2.07. The van der Waals surface area contributed by atoms with E-state index >= 15 is 0 Å². The summed E-state index contributed by atoms with van der Waals surface area (Å²) < 4.78 is 14.5. The molecule has 0 unspecified atom stereocenters. The van der Waals surface area contributed by atoms with Gasteiger partial charge >= 0.3 is 0 Å². The van der Waals surface area contributed by atoms with Crippen LogP contribution in [0, 0.1) is 5.82 Å². The molecule has 106 valence electrons. The van der Waals surface area contributed by atoms with Crippen LogP contribution in [0.4, 0.5) is 10.1 Å². The van der Waals surface area contributed by atoms with E-state index < -0.39 is 5.82 Å². The van der Waals surface area contributed by atoms with Gasteiger partial charge in [0, 0.05) is 32.7 Å². The molecule has 0 bridgehead atoms. The first-order valence-electron chi connectivity index (χ1n) is 6.06. The van der Waals surface area contributed by atoms with Crippen LogP contribution < -0.4 is 4.90 Å². The Morgan fingerprint density at radius 2 is 2.00 bits per heavy atom. The van der Waals surface area contributed by atoms with Crippen LogP contribution >= 0.6 is 11.6 Å². The molecule has 1 aromatic heterocycles. The molecule has 4 nitrogen and oxygen atoms in total. The molecule has 1 amide bonds. The highest BCUT2D eigenvalue weighted by atomic mass is 35.5. The molecule has 2 rings (SSSR count). The van der Waals surface area contributed by atoms with Crippen molar-refractivity contribution in [1.29, 1.82) is 0 Å². The van der Waals surface area contributed by atoms with E-state index in [-0.39, 0.29) is 18.0 Å². The standard InChI is InChI=1S/C14H15ClFN3O/c1-18(2)12(20)8-19(3)11-5-4-9-10(15)6-7-17-14(9)13(11)16/h4-7H,8H2,1-3H3. The summed E-state index contributed by atoms with van der Waals surface area (Å²) >= 11 is 6.01. The van der Waals surface area contributed by atoms with Gasteiger partial charge in [-0.1, -0.05) is 11.6 Å². The fourth-order valence-electron chi connectivity index (χ4n) is 1.86. The average Bonchev–Trinajstić information content (AvgIpc) is 2.39. The summed E-state index contributed by atoms with van der Waals surface area (Å²) in [6.07, 6.45) is 1.46. The molecule has 1 heterocycles. The van der Waals surface area contributed by atoms with Crippen LogP contribution in [0.3, 0.4) is 0 Å². The number of anilines is 1. The Hall–Kier alpha value is -1.88. The second-order valence-electron chi connectivity index (χ2n) is 4.73. The molecule has 1 aromatic carbocycles. The van der Waals surface area contributed by atoms with Crippen molar-refractivity contribution in [3.8, 4) is 0 Å². The first-order valence-corrected chi connectivity index (χ1v) is 6.43. The minimum atomic E-state index is -0.473. The van der Waals surface area contributed by atoms with Crippen molar-refractivity contribution < 1.29 is 9.18 Å². The lowest BCUT2D eigenvalue weighted by Crippen LogP contribution is -2.34. The van der Waals surface area contributed by atoms with Gasteiger partial charge in [-0.2, -0.15) is 0 Å². The summed E-state index contributed by atoms with van der Waals surface area (Å²) in [5.74, 6) is -0.579. The normalized spacial score (nSPS) is 10.7. The Morgan fingerprint density at radius 3 is 2.65 bits per heavy atom. The molecular formula is C14H15ClFN3O.